The molecule has 130 valence electrons. The first-order chi connectivity index (χ1) is 11.2. The molecule has 0 bridgehead atoms. The second-order valence-corrected chi connectivity index (χ2v) is 6.72. The van der Waals surface area contributed by atoms with E-state index in [2.05, 4.69) is 9.82 Å². The second kappa shape index (κ2) is 6.65. The van der Waals surface area contributed by atoms with Crippen molar-refractivity contribution in [2.45, 2.75) is 24.3 Å². The normalized spacial score (nSPS) is 13.0. The summed E-state index contributed by atoms with van der Waals surface area (Å²) < 4.78 is 55.3. The number of nitrogens with zero attached hydrogens (tertiary/aromatic N) is 2. The van der Waals surface area contributed by atoms with Crippen LogP contribution in [0.1, 0.15) is 35.4 Å². The summed E-state index contributed by atoms with van der Waals surface area (Å²) >= 11 is 0. The van der Waals surface area contributed by atoms with E-state index >= 15 is 0 Å². The fraction of sp³-hybridized carbons (Fsp3) is 0.286. The molecule has 0 saturated carbocycles. The van der Waals surface area contributed by atoms with Crippen molar-refractivity contribution < 1.29 is 27.1 Å². The van der Waals surface area contributed by atoms with Gasteiger partial charge in [-0.05, 0) is 24.6 Å². The Bertz CT molecular complexity index is 880. The van der Waals surface area contributed by atoms with Gasteiger partial charge in [-0.2, -0.15) is 5.10 Å². The van der Waals surface area contributed by atoms with Gasteiger partial charge in [0, 0.05) is 18.7 Å². The van der Waals surface area contributed by atoms with Gasteiger partial charge < -0.3 is 5.11 Å². The van der Waals surface area contributed by atoms with Crippen molar-refractivity contribution in [1.29, 1.82) is 0 Å². The lowest BCUT2D eigenvalue weighted by Crippen LogP contribution is -2.30. The van der Waals surface area contributed by atoms with Crippen molar-refractivity contribution in [3.8, 4) is 0 Å². The number of aromatic carboxylic acids is 1. The fourth-order valence-electron chi connectivity index (χ4n) is 2.26. The lowest BCUT2D eigenvalue weighted by Gasteiger charge is -2.18. The van der Waals surface area contributed by atoms with Gasteiger partial charge in [-0.3, -0.25) is 4.68 Å². The first-order valence-corrected chi connectivity index (χ1v) is 8.38. The van der Waals surface area contributed by atoms with Crippen molar-refractivity contribution >= 4 is 16.0 Å². The molecule has 0 spiro atoms. The number of rotatable bonds is 6. The van der Waals surface area contributed by atoms with E-state index in [1.165, 1.54) is 7.05 Å². The molecule has 0 aliphatic carbocycles. The van der Waals surface area contributed by atoms with Crippen LogP contribution < -0.4 is 4.72 Å². The summed E-state index contributed by atoms with van der Waals surface area (Å²) in [5.41, 5.74) is -0.695. The number of nitrogens with one attached hydrogen (secondary N) is 1. The van der Waals surface area contributed by atoms with Gasteiger partial charge in [0.1, 0.15) is 16.5 Å². The van der Waals surface area contributed by atoms with E-state index < -0.39 is 44.3 Å². The monoisotopic (exact) mass is 359 g/mol. The van der Waals surface area contributed by atoms with Gasteiger partial charge in [0.2, 0.25) is 10.0 Å². The predicted molar refractivity (Wildman–Crippen MR) is 79.9 cm³/mol. The summed E-state index contributed by atoms with van der Waals surface area (Å²) in [6.45, 7) is 1.58. The fourth-order valence-corrected chi connectivity index (χ4v) is 3.71. The third-order valence-corrected chi connectivity index (χ3v) is 4.91. The number of sulfonamides is 1. The van der Waals surface area contributed by atoms with Crippen LogP contribution in [0.25, 0.3) is 0 Å². The van der Waals surface area contributed by atoms with Crippen LogP contribution in [-0.2, 0) is 17.1 Å². The lowest BCUT2D eigenvalue weighted by atomic mass is 10.1. The quantitative estimate of drug-likeness (QED) is 0.819. The second-order valence-electron chi connectivity index (χ2n) is 5.03. The highest BCUT2D eigenvalue weighted by Gasteiger charge is 2.29. The molecule has 1 heterocycles. The molecule has 0 aliphatic heterocycles. The Balaban J connectivity index is 2.44. The minimum atomic E-state index is -4.31. The summed E-state index contributed by atoms with van der Waals surface area (Å²) in [5, 5.41) is 12.7. The molecular formula is C14H15F2N3O4S. The van der Waals surface area contributed by atoms with Crippen LogP contribution in [0, 0.1) is 11.6 Å². The van der Waals surface area contributed by atoms with Crippen LogP contribution in [0.5, 0.6) is 0 Å². The molecule has 1 aromatic carbocycles. The van der Waals surface area contributed by atoms with Gasteiger partial charge in [0.15, 0.2) is 5.69 Å². The van der Waals surface area contributed by atoms with E-state index in [1.807, 2.05) is 0 Å². The average Bonchev–Trinajstić information content (AvgIpc) is 2.90. The van der Waals surface area contributed by atoms with Gasteiger partial charge in [0.25, 0.3) is 0 Å². The molecule has 0 amide bonds. The molecule has 2 aromatic rings. The largest absolute Gasteiger partial charge is 0.476 e. The van der Waals surface area contributed by atoms with Crippen molar-refractivity contribution in [2.75, 3.05) is 0 Å². The van der Waals surface area contributed by atoms with Gasteiger partial charge in [-0.15, -0.1) is 0 Å². The van der Waals surface area contributed by atoms with E-state index in [9.17, 15) is 22.0 Å². The lowest BCUT2D eigenvalue weighted by molar-refractivity contribution is 0.0680. The Morgan fingerprint density at radius 1 is 1.42 bits per heavy atom. The summed E-state index contributed by atoms with van der Waals surface area (Å²) in [4.78, 5) is 10.7. The first kappa shape index (κ1) is 18.0. The smallest absolute Gasteiger partial charge is 0.355 e. The average molecular weight is 359 g/mol. The predicted octanol–water partition coefficient (Wildman–Crippen LogP) is 1.83. The van der Waals surface area contributed by atoms with Crippen LogP contribution in [0.15, 0.2) is 29.3 Å². The van der Waals surface area contributed by atoms with Crippen molar-refractivity contribution in [2.24, 2.45) is 7.05 Å². The van der Waals surface area contributed by atoms with E-state index in [-0.39, 0.29) is 12.0 Å². The van der Waals surface area contributed by atoms with Crippen LogP contribution in [0.4, 0.5) is 8.78 Å². The number of carbonyl (C=O) groups is 1. The Labute approximate surface area is 137 Å². The van der Waals surface area contributed by atoms with Gasteiger partial charge in [-0.1, -0.05) is 6.92 Å². The summed E-state index contributed by atoms with van der Waals surface area (Å²) in [5.74, 6) is -2.95. The van der Waals surface area contributed by atoms with Crippen LogP contribution >= 0.6 is 0 Å². The highest BCUT2D eigenvalue weighted by molar-refractivity contribution is 7.89. The van der Waals surface area contributed by atoms with E-state index in [1.54, 1.807) is 6.92 Å². The Morgan fingerprint density at radius 2 is 2.08 bits per heavy atom. The minimum absolute atomic E-state index is 0.127. The summed E-state index contributed by atoms with van der Waals surface area (Å²) in [6, 6.07) is 1.65. The highest BCUT2D eigenvalue weighted by Crippen LogP contribution is 2.24. The number of hydrogen-bond acceptors (Lipinski definition) is 4. The number of benzene rings is 1. The highest BCUT2D eigenvalue weighted by atomic mass is 32.2. The van der Waals surface area contributed by atoms with E-state index in [4.69, 9.17) is 5.11 Å². The zero-order valence-corrected chi connectivity index (χ0v) is 13.6. The maximum absolute atomic E-state index is 13.9. The number of carboxylic acids is 1. The molecule has 24 heavy (non-hydrogen) atoms. The standard InChI is InChI=1S/C14H15F2N3O4S/c1-3-11(9-6-8(15)4-5-10(9)16)18-24(22,23)12-7-17-19(2)13(12)14(20)21/h4-7,11,18H,3H2,1-2H3,(H,20,21). The van der Waals surface area contributed by atoms with Crippen molar-refractivity contribution in [1.82, 2.24) is 14.5 Å². The van der Waals surface area contributed by atoms with Crippen molar-refractivity contribution in [3.63, 3.8) is 0 Å². The molecule has 0 aliphatic rings. The van der Waals surface area contributed by atoms with Gasteiger partial charge in [0.05, 0.1) is 6.20 Å². The molecule has 1 aromatic heterocycles. The van der Waals surface area contributed by atoms with Crippen molar-refractivity contribution in [3.05, 3.63) is 47.3 Å². The maximum Gasteiger partial charge on any atom is 0.355 e. The van der Waals surface area contributed by atoms with Gasteiger partial charge in [-0.25, -0.2) is 26.7 Å². The molecule has 0 radical (unpaired) electrons. The molecule has 1 unspecified atom stereocenters. The topological polar surface area (TPSA) is 101 Å². The number of hydrogen-bond donors (Lipinski definition) is 2. The molecular weight excluding hydrogens is 344 g/mol. The molecule has 0 fully saturated rings. The van der Waals surface area contributed by atoms with Crippen LogP contribution in [0.3, 0.4) is 0 Å². The Hall–Kier alpha value is -2.33. The third-order valence-electron chi connectivity index (χ3n) is 3.44. The minimum Gasteiger partial charge on any atom is -0.476 e. The molecule has 10 heteroatoms. The third kappa shape index (κ3) is 3.44. The number of carboxylic acid groups (broad SMARTS) is 1. The maximum atomic E-state index is 13.9. The Morgan fingerprint density at radius 3 is 2.67 bits per heavy atom. The molecule has 2 rings (SSSR count). The van der Waals surface area contributed by atoms with E-state index in [0.717, 1.165) is 29.1 Å². The SMILES string of the molecule is CCC(NS(=O)(=O)c1cnn(C)c1C(=O)O)c1cc(F)ccc1F. The molecule has 7 nitrogen and oxygen atoms in total. The number of aromatic nitrogens is 2. The van der Waals surface area contributed by atoms with E-state index in [0.29, 0.717) is 0 Å². The summed E-state index contributed by atoms with van der Waals surface area (Å²) in [7, 11) is -3.02. The number of aryl methyl sites for hydroxylation is 1. The zero-order valence-electron chi connectivity index (χ0n) is 12.8. The molecule has 0 saturated heterocycles. The summed E-state index contributed by atoms with van der Waals surface area (Å²) in [6.07, 6.45) is 1.02. The molecule has 2 N–H and O–H groups in total. The first-order valence-electron chi connectivity index (χ1n) is 6.90. The van der Waals surface area contributed by atoms with Crippen LogP contribution in [0.2, 0.25) is 0 Å². The van der Waals surface area contributed by atoms with Gasteiger partial charge >= 0.3 is 5.97 Å². The number of halogens is 2. The zero-order chi connectivity index (χ0) is 18.1. The van der Waals surface area contributed by atoms with Crippen LogP contribution in [-0.4, -0.2) is 29.3 Å². The Kier molecular flexibility index (Phi) is 4.99. The molecule has 1 atom stereocenters.